The summed E-state index contributed by atoms with van der Waals surface area (Å²) in [6, 6.07) is 3.97. The first-order chi connectivity index (χ1) is 6.74. The molecular weight excluding hydrogens is 253 g/mol. The van der Waals surface area contributed by atoms with Gasteiger partial charge in [0.2, 0.25) is 0 Å². The molecule has 0 aliphatic heterocycles. The standard InChI is InChI=1S/C6H6BrNS.C4H9.Li/c1-9-5-2-3-6(7)8-4-5;1-3-4-2;/h2-4H,1H3;1,3-4H2,2H3;. The molecule has 14 heavy (non-hydrogen) atoms. The fraction of sp³-hybridized carbons (Fsp3) is 0.500. The van der Waals surface area contributed by atoms with E-state index in [-0.39, 0.29) is 0 Å². The molecule has 0 aliphatic carbocycles. The molecule has 1 aromatic heterocycles. The summed E-state index contributed by atoms with van der Waals surface area (Å²) in [5.41, 5.74) is 0. The summed E-state index contributed by atoms with van der Waals surface area (Å²) in [5, 5.41) is 1.34. The maximum absolute atomic E-state index is 4.05. The molecule has 1 nitrogen and oxygen atoms in total. The zero-order chi connectivity index (χ0) is 10.8. The molecule has 0 amide bonds. The molecule has 1 heterocycles. The zero-order valence-electron chi connectivity index (χ0n) is 9.09. The second-order valence-electron chi connectivity index (χ2n) is 2.87. The Bertz CT molecular complexity index is 226. The average molecular weight is 268 g/mol. The zero-order valence-corrected chi connectivity index (χ0v) is 11.5. The van der Waals surface area contributed by atoms with Gasteiger partial charge in [-0.1, -0.05) is 0 Å². The summed E-state index contributed by atoms with van der Waals surface area (Å²) >= 11 is 7.16. The van der Waals surface area contributed by atoms with Gasteiger partial charge in [-0.2, -0.15) is 0 Å². The van der Waals surface area contributed by atoms with Gasteiger partial charge in [0, 0.05) is 11.1 Å². The van der Waals surface area contributed by atoms with Crippen LogP contribution in [0.2, 0.25) is 5.09 Å². The van der Waals surface area contributed by atoms with Crippen molar-refractivity contribution in [2.45, 2.75) is 29.8 Å². The first-order valence-corrected chi connectivity index (χ1v) is 6.91. The molecule has 1 rings (SSSR count). The first kappa shape index (κ1) is 14.6. The van der Waals surface area contributed by atoms with Crippen molar-refractivity contribution in [3.63, 3.8) is 0 Å². The molecule has 0 saturated carbocycles. The molecule has 4 heteroatoms. The quantitative estimate of drug-likeness (QED) is 0.468. The number of hydrogen-bond acceptors (Lipinski definition) is 2. The van der Waals surface area contributed by atoms with E-state index in [1.165, 1.54) is 22.8 Å². The third-order valence-corrected chi connectivity index (χ3v) is 2.83. The molecule has 0 bridgehead atoms. The molecule has 0 aliphatic rings. The minimum atomic E-state index is 0.889. The monoisotopic (exact) mass is 267 g/mol. The number of hydrogen-bond donors (Lipinski definition) is 0. The molecule has 0 saturated heterocycles. The Balaban J connectivity index is 0.000000292. The first-order valence-electron chi connectivity index (χ1n) is 4.90. The SMILES string of the molecule is CSc1ccc(Br)nc1.[Li][CH2]CCC. The van der Waals surface area contributed by atoms with E-state index in [2.05, 4.69) is 45.6 Å². The molecule has 74 valence electrons. The third-order valence-electron chi connectivity index (χ3n) is 1.64. The minimum absolute atomic E-state index is 0.889. The van der Waals surface area contributed by atoms with E-state index in [1.54, 1.807) is 11.8 Å². The van der Waals surface area contributed by atoms with E-state index in [9.17, 15) is 0 Å². The molecular formula is C10H15BrLiNS. The van der Waals surface area contributed by atoms with Crippen LogP contribution in [0.3, 0.4) is 0 Å². The van der Waals surface area contributed by atoms with Crippen molar-refractivity contribution in [2.24, 2.45) is 0 Å². The number of nitrogens with zero attached hydrogens (tertiary/aromatic N) is 1. The predicted molar refractivity (Wildman–Crippen MR) is 69.2 cm³/mol. The number of aromatic nitrogens is 1. The van der Waals surface area contributed by atoms with Crippen LogP contribution >= 0.6 is 27.7 Å². The van der Waals surface area contributed by atoms with E-state index in [1.807, 2.05) is 24.6 Å². The van der Waals surface area contributed by atoms with E-state index in [4.69, 9.17) is 0 Å². The normalized spacial score (nSPS) is 9.21. The Morgan fingerprint density at radius 1 is 1.50 bits per heavy atom. The van der Waals surface area contributed by atoms with Gasteiger partial charge in [-0.15, -0.1) is 11.8 Å². The van der Waals surface area contributed by atoms with E-state index < -0.39 is 0 Å². The Kier molecular flexibility index (Phi) is 10.5. The van der Waals surface area contributed by atoms with Crippen molar-refractivity contribution in [1.29, 1.82) is 0 Å². The maximum atomic E-state index is 4.05. The van der Waals surface area contributed by atoms with Crippen LogP contribution in [0.4, 0.5) is 0 Å². The Hall–Kier alpha value is 0.577. The number of unbranched alkanes of at least 4 members (excludes halogenated alkanes) is 1. The van der Waals surface area contributed by atoms with Crippen LogP contribution in [0.1, 0.15) is 19.8 Å². The number of pyridine rings is 1. The summed E-state index contributed by atoms with van der Waals surface area (Å²) in [4.78, 5) is 5.24. The Morgan fingerprint density at radius 3 is 2.50 bits per heavy atom. The fourth-order valence-corrected chi connectivity index (χ4v) is 1.43. The van der Waals surface area contributed by atoms with Crippen LogP contribution < -0.4 is 0 Å². The summed E-state index contributed by atoms with van der Waals surface area (Å²) in [6.45, 7) is 2.21. The van der Waals surface area contributed by atoms with Gasteiger partial charge in [0.05, 0.1) is 0 Å². The van der Waals surface area contributed by atoms with Crippen LogP contribution in [-0.4, -0.2) is 29.0 Å². The van der Waals surface area contributed by atoms with Crippen molar-refractivity contribution in [3.05, 3.63) is 22.9 Å². The Labute approximate surface area is 109 Å². The van der Waals surface area contributed by atoms with Crippen LogP contribution in [0, 0.1) is 0 Å². The summed E-state index contributed by atoms with van der Waals surface area (Å²) in [6.07, 6.45) is 6.61. The van der Waals surface area contributed by atoms with Crippen LogP contribution in [0.25, 0.3) is 0 Å². The van der Waals surface area contributed by atoms with Crippen LogP contribution in [0.5, 0.6) is 0 Å². The molecule has 0 N–H and O–H groups in total. The van der Waals surface area contributed by atoms with Gasteiger partial charge in [-0.05, 0) is 34.3 Å². The molecule has 0 spiro atoms. The molecule has 1 aromatic rings. The topological polar surface area (TPSA) is 12.9 Å². The van der Waals surface area contributed by atoms with Crippen molar-refractivity contribution in [1.82, 2.24) is 4.98 Å². The van der Waals surface area contributed by atoms with Gasteiger partial charge >= 0.3 is 42.6 Å². The van der Waals surface area contributed by atoms with Crippen molar-refractivity contribution in [3.8, 4) is 0 Å². The summed E-state index contributed by atoms with van der Waals surface area (Å²) in [5.74, 6) is 0. The van der Waals surface area contributed by atoms with Gasteiger partial charge in [0.15, 0.2) is 0 Å². The average Bonchev–Trinajstić information content (AvgIpc) is 2.21. The van der Waals surface area contributed by atoms with Gasteiger partial charge in [0.25, 0.3) is 0 Å². The third kappa shape index (κ3) is 7.93. The molecule has 0 atom stereocenters. The van der Waals surface area contributed by atoms with Crippen molar-refractivity contribution in [2.75, 3.05) is 6.26 Å². The summed E-state index contributed by atoms with van der Waals surface area (Å²) in [7, 11) is 0. The van der Waals surface area contributed by atoms with Crippen LogP contribution in [-0.2, 0) is 0 Å². The Morgan fingerprint density at radius 2 is 2.21 bits per heavy atom. The second kappa shape index (κ2) is 10.1. The van der Waals surface area contributed by atoms with Gasteiger partial charge in [-0.3, -0.25) is 0 Å². The number of thioether (sulfide) groups is 1. The number of halogens is 1. The van der Waals surface area contributed by atoms with Crippen LogP contribution in [0.15, 0.2) is 27.8 Å². The van der Waals surface area contributed by atoms with Crippen molar-refractivity contribution >= 4 is 45.4 Å². The van der Waals surface area contributed by atoms with Gasteiger partial charge in [-0.25, -0.2) is 4.98 Å². The fourth-order valence-electron chi connectivity index (χ4n) is 0.837. The van der Waals surface area contributed by atoms with Gasteiger partial charge in [0.1, 0.15) is 4.60 Å². The number of rotatable bonds is 3. The molecule has 0 aromatic carbocycles. The molecule has 0 fully saturated rings. The van der Waals surface area contributed by atoms with Gasteiger partial charge < -0.3 is 0 Å². The molecule has 0 radical (unpaired) electrons. The van der Waals surface area contributed by atoms with Crippen molar-refractivity contribution < 1.29 is 0 Å². The van der Waals surface area contributed by atoms with E-state index in [0.717, 1.165) is 4.60 Å². The molecule has 0 unspecified atom stereocenters. The second-order valence-corrected chi connectivity index (χ2v) is 4.57. The van der Waals surface area contributed by atoms with E-state index >= 15 is 0 Å². The van der Waals surface area contributed by atoms with E-state index in [0.29, 0.717) is 0 Å². The predicted octanol–water partition coefficient (Wildman–Crippen LogP) is 3.94. The summed E-state index contributed by atoms with van der Waals surface area (Å²) < 4.78 is 0.889.